The summed E-state index contributed by atoms with van der Waals surface area (Å²) in [6, 6.07) is 8.13. The van der Waals surface area contributed by atoms with E-state index in [0.717, 1.165) is 5.56 Å². The summed E-state index contributed by atoms with van der Waals surface area (Å²) in [7, 11) is 0. The Morgan fingerprint density at radius 1 is 1.43 bits per heavy atom. The van der Waals surface area contributed by atoms with E-state index in [2.05, 4.69) is 18.7 Å². The maximum Gasteiger partial charge on any atom is 0.159 e. The van der Waals surface area contributed by atoms with Gasteiger partial charge in [0.1, 0.15) is 0 Å². The van der Waals surface area contributed by atoms with Gasteiger partial charge < -0.3 is 0 Å². The van der Waals surface area contributed by atoms with E-state index in [1.54, 1.807) is 11.3 Å². The smallest absolute Gasteiger partial charge is 0.159 e. The lowest BCUT2D eigenvalue weighted by Gasteiger charge is -1.94. The summed E-state index contributed by atoms with van der Waals surface area (Å²) in [5, 5.41) is 3.24. The van der Waals surface area contributed by atoms with Gasteiger partial charge in [0.15, 0.2) is 5.78 Å². The Labute approximate surface area is 86.7 Å². The van der Waals surface area contributed by atoms with Crippen LogP contribution in [0.2, 0.25) is 0 Å². The van der Waals surface area contributed by atoms with Crippen molar-refractivity contribution in [1.29, 1.82) is 0 Å². The lowest BCUT2D eigenvalue weighted by atomic mass is 10.1. The second-order valence-electron chi connectivity index (χ2n) is 3.10. The fourth-order valence-corrected chi connectivity index (χ4v) is 2.39. The maximum absolute atomic E-state index is 11.2. The molecule has 0 spiro atoms. The molecule has 2 rings (SSSR count). The van der Waals surface area contributed by atoms with Crippen LogP contribution in [-0.4, -0.2) is 5.78 Å². The Morgan fingerprint density at radius 2 is 2.21 bits per heavy atom. The van der Waals surface area contributed by atoms with Gasteiger partial charge in [0, 0.05) is 11.1 Å². The van der Waals surface area contributed by atoms with Crippen molar-refractivity contribution in [2.45, 2.75) is 6.42 Å². The van der Waals surface area contributed by atoms with E-state index < -0.39 is 0 Å². The van der Waals surface area contributed by atoms with Crippen molar-refractivity contribution in [3.8, 4) is 0 Å². The zero-order chi connectivity index (χ0) is 9.97. The molecule has 0 aliphatic rings. The van der Waals surface area contributed by atoms with E-state index in [1.807, 2.05) is 17.5 Å². The van der Waals surface area contributed by atoms with Gasteiger partial charge in [0.05, 0.1) is 0 Å². The number of allylic oxidation sites excluding steroid dienone is 1. The van der Waals surface area contributed by atoms with Crippen molar-refractivity contribution in [2.75, 3.05) is 0 Å². The van der Waals surface area contributed by atoms with Crippen molar-refractivity contribution in [1.82, 2.24) is 0 Å². The van der Waals surface area contributed by atoms with Gasteiger partial charge in [-0.1, -0.05) is 24.8 Å². The van der Waals surface area contributed by atoms with E-state index in [-0.39, 0.29) is 5.78 Å². The Kier molecular flexibility index (Phi) is 2.46. The summed E-state index contributed by atoms with van der Waals surface area (Å²) in [5.41, 5.74) is 1.11. The quantitative estimate of drug-likeness (QED) is 0.698. The number of benzene rings is 1. The topological polar surface area (TPSA) is 17.1 Å². The third-order valence-corrected chi connectivity index (χ3v) is 3.17. The first-order valence-corrected chi connectivity index (χ1v) is 5.29. The first-order valence-electron chi connectivity index (χ1n) is 4.41. The van der Waals surface area contributed by atoms with E-state index >= 15 is 0 Å². The number of hydrogen-bond donors (Lipinski definition) is 0. The fraction of sp³-hybridized carbons (Fsp3) is 0.0833. The average molecular weight is 202 g/mol. The van der Waals surface area contributed by atoms with Gasteiger partial charge in [0.2, 0.25) is 0 Å². The molecule has 14 heavy (non-hydrogen) atoms. The molecule has 0 atom stereocenters. The molecule has 70 valence electrons. The van der Waals surface area contributed by atoms with Gasteiger partial charge in [-0.25, -0.2) is 0 Å². The molecule has 0 bridgehead atoms. The van der Waals surface area contributed by atoms with Crippen LogP contribution in [0.4, 0.5) is 0 Å². The minimum absolute atomic E-state index is 0.0774. The second kappa shape index (κ2) is 3.76. The normalized spacial score (nSPS) is 10.3. The van der Waals surface area contributed by atoms with Gasteiger partial charge in [0.25, 0.3) is 0 Å². The largest absolute Gasteiger partial charge is 0.295 e. The molecule has 0 saturated carbocycles. The molecule has 2 heteroatoms. The van der Waals surface area contributed by atoms with Crippen molar-refractivity contribution >= 4 is 27.2 Å². The van der Waals surface area contributed by atoms with Crippen LogP contribution >= 0.6 is 11.3 Å². The number of ketones is 1. The third-order valence-electron chi connectivity index (χ3n) is 2.15. The maximum atomic E-state index is 11.2. The number of hydrogen-bond acceptors (Lipinski definition) is 2. The van der Waals surface area contributed by atoms with Crippen molar-refractivity contribution < 1.29 is 4.79 Å². The molecule has 0 N–H and O–H groups in total. The number of rotatable bonds is 3. The second-order valence-corrected chi connectivity index (χ2v) is 4.02. The SMILES string of the molecule is C=CC(=O)Cc1csc2ccccc12. The Morgan fingerprint density at radius 3 is 3.00 bits per heavy atom. The standard InChI is InChI=1S/C12H10OS/c1-2-10(13)7-9-8-14-12-6-4-3-5-11(9)12/h2-6,8H,1,7H2. The van der Waals surface area contributed by atoms with Gasteiger partial charge in [-0.2, -0.15) is 0 Å². The van der Waals surface area contributed by atoms with Gasteiger partial charge >= 0.3 is 0 Å². The summed E-state index contributed by atoms with van der Waals surface area (Å²) in [4.78, 5) is 11.2. The molecule has 0 fully saturated rings. The van der Waals surface area contributed by atoms with Gasteiger partial charge in [-0.05, 0) is 28.5 Å². The number of carbonyl (C=O) groups excluding carboxylic acids is 1. The van der Waals surface area contributed by atoms with E-state index in [0.29, 0.717) is 6.42 Å². The summed E-state index contributed by atoms with van der Waals surface area (Å²) in [6.45, 7) is 3.48. The predicted octanol–water partition coefficient (Wildman–Crippen LogP) is 3.20. The summed E-state index contributed by atoms with van der Waals surface area (Å²) >= 11 is 1.68. The molecule has 1 aromatic carbocycles. The number of thiophene rings is 1. The Hall–Kier alpha value is -1.41. The number of fused-ring (bicyclic) bond motifs is 1. The van der Waals surface area contributed by atoms with E-state index in [1.165, 1.54) is 16.2 Å². The van der Waals surface area contributed by atoms with E-state index in [9.17, 15) is 4.79 Å². The Balaban J connectivity index is 2.43. The monoisotopic (exact) mass is 202 g/mol. The molecule has 1 aromatic heterocycles. The first kappa shape index (κ1) is 9.16. The molecule has 0 unspecified atom stereocenters. The molecular formula is C12H10OS. The van der Waals surface area contributed by atoms with Crippen molar-refractivity contribution in [3.63, 3.8) is 0 Å². The van der Waals surface area contributed by atoms with Gasteiger partial charge in [-0.15, -0.1) is 11.3 Å². The van der Waals surface area contributed by atoms with Crippen LogP contribution in [0, 0.1) is 0 Å². The zero-order valence-electron chi connectivity index (χ0n) is 7.69. The van der Waals surface area contributed by atoms with Crippen LogP contribution in [0.3, 0.4) is 0 Å². The minimum atomic E-state index is 0.0774. The lowest BCUT2D eigenvalue weighted by Crippen LogP contribution is -1.96. The average Bonchev–Trinajstić information content (AvgIpc) is 2.62. The van der Waals surface area contributed by atoms with Crippen LogP contribution in [0.5, 0.6) is 0 Å². The molecule has 1 nitrogen and oxygen atoms in total. The molecular weight excluding hydrogens is 192 g/mol. The van der Waals surface area contributed by atoms with E-state index in [4.69, 9.17) is 0 Å². The highest BCUT2D eigenvalue weighted by Gasteiger charge is 2.05. The van der Waals surface area contributed by atoms with Crippen LogP contribution < -0.4 is 0 Å². The summed E-state index contributed by atoms with van der Waals surface area (Å²) in [5.74, 6) is 0.0774. The number of carbonyl (C=O) groups is 1. The highest BCUT2D eigenvalue weighted by Crippen LogP contribution is 2.25. The molecule has 0 aliphatic heterocycles. The van der Waals surface area contributed by atoms with Crippen LogP contribution in [0.1, 0.15) is 5.56 Å². The highest BCUT2D eigenvalue weighted by atomic mass is 32.1. The van der Waals surface area contributed by atoms with Crippen molar-refractivity contribution in [2.24, 2.45) is 0 Å². The predicted molar refractivity (Wildman–Crippen MR) is 60.7 cm³/mol. The first-order chi connectivity index (χ1) is 6.81. The fourth-order valence-electron chi connectivity index (χ4n) is 1.43. The minimum Gasteiger partial charge on any atom is -0.295 e. The molecule has 0 amide bonds. The van der Waals surface area contributed by atoms with Crippen LogP contribution in [-0.2, 0) is 11.2 Å². The molecule has 1 heterocycles. The van der Waals surface area contributed by atoms with Crippen LogP contribution in [0.25, 0.3) is 10.1 Å². The molecule has 2 aromatic rings. The van der Waals surface area contributed by atoms with Crippen LogP contribution in [0.15, 0.2) is 42.3 Å². The van der Waals surface area contributed by atoms with Crippen molar-refractivity contribution in [3.05, 3.63) is 47.9 Å². The zero-order valence-corrected chi connectivity index (χ0v) is 8.51. The molecule has 0 saturated heterocycles. The lowest BCUT2D eigenvalue weighted by molar-refractivity contribution is -0.113. The molecule has 0 aliphatic carbocycles. The summed E-state index contributed by atoms with van der Waals surface area (Å²) < 4.78 is 1.24. The molecule has 0 radical (unpaired) electrons. The summed E-state index contributed by atoms with van der Waals surface area (Å²) in [6.07, 6.45) is 1.85. The highest BCUT2D eigenvalue weighted by molar-refractivity contribution is 7.17. The van der Waals surface area contributed by atoms with Gasteiger partial charge in [-0.3, -0.25) is 4.79 Å². The third kappa shape index (κ3) is 1.61. The Bertz CT molecular complexity index is 482.